The van der Waals surface area contributed by atoms with E-state index >= 15 is 0 Å². The van der Waals surface area contributed by atoms with E-state index in [1.165, 1.54) is 0 Å². The van der Waals surface area contributed by atoms with Crippen molar-refractivity contribution in [3.63, 3.8) is 0 Å². The first-order valence-corrected chi connectivity index (χ1v) is 9.98. The summed E-state index contributed by atoms with van der Waals surface area (Å²) in [6.45, 7) is 9.92. The van der Waals surface area contributed by atoms with Gasteiger partial charge in [-0.15, -0.1) is 0 Å². The molecule has 2 aliphatic heterocycles. The van der Waals surface area contributed by atoms with Gasteiger partial charge < -0.3 is 14.6 Å². The molecule has 0 bridgehead atoms. The molecule has 3 fully saturated rings. The van der Waals surface area contributed by atoms with Gasteiger partial charge >= 0.3 is 6.18 Å². The molecule has 0 aromatic carbocycles. The number of rotatable bonds is 5. The number of piperidine rings is 1. The van der Waals surface area contributed by atoms with Gasteiger partial charge in [0.1, 0.15) is 11.6 Å². The van der Waals surface area contributed by atoms with Crippen LogP contribution in [-0.4, -0.2) is 41.4 Å². The fourth-order valence-corrected chi connectivity index (χ4v) is 5.43. The standard InChI is InChI=1S/C20H27F3N4O/c1-11(7-13(3)28)17-14-9-26(10-19(14,17)4)16-8-15(20(21,22)23)24-18(25-16)27-6-5-12(27)2/h8,11-12,14,17H,5-7,9-10H2,1-4H3/t11-,12+,14-,17?,19-/m1/s1. The maximum Gasteiger partial charge on any atom is 0.433 e. The van der Waals surface area contributed by atoms with Gasteiger partial charge in [-0.25, -0.2) is 4.98 Å². The molecule has 3 heterocycles. The molecule has 0 spiro atoms. The van der Waals surface area contributed by atoms with Crippen molar-refractivity contribution in [3.8, 4) is 0 Å². The second-order valence-electron chi connectivity index (χ2n) is 9.14. The average Bonchev–Trinajstić information content (AvgIpc) is 2.98. The summed E-state index contributed by atoms with van der Waals surface area (Å²) in [5.41, 5.74) is -0.832. The summed E-state index contributed by atoms with van der Waals surface area (Å²) in [5.74, 6) is 1.89. The molecular formula is C20H27F3N4O. The molecule has 154 valence electrons. The lowest BCUT2D eigenvalue weighted by Gasteiger charge is -2.39. The zero-order valence-corrected chi connectivity index (χ0v) is 16.8. The molecule has 2 saturated heterocycles. The summed E-state index contributed by atoms with van der Waals surface area (Å²) in [6.07, 6.45) is -2.99. The van der Waals surface area contributed by atoms with Crippen molar-refractivity contribution in [3.05, 3.63) is 11.8 Å². The molecule has 1 saturated carbocycles. The van der Waals surface area contributed by atoms with E-state index in [-0.39, 0.29) is 23.2 Å². The summed E-state index contributed by atoms with van der Waals surface area (Å²) < 4.78 is 40.2. The fraction of sp³-hybridized carbons (Fsp3) is 0.750. The average molecular weight is 396 g/mol. The molecule has 28 heavy (non-hydrogen) atoms. The third-order valence-corrected chi connectivity index (χ3v) is 7.00. The lowest BCUT2D eigenvalue weighted by molar-refractivity contribution is -0.141. The summed E-state index contributed by atoms with van der Waals surface area (Å²) in [6, 6.07) is 1.24. The van der Waals surface area contributed by atoms with Crippen molar-refractivity contribution in [2.45, 2.75) is 52.8 Å². The van der Waals surface area contributed by atoms with E-state index < -0.39 is 11.9 Å². The minimum absolute atomic E-state index is 0.0441. The zero-order valence-electron chi connectivity index (χ0n) is 16.8. The molecule has 3 aliphatic rings. The van der Waals surface area contributed by atoms with Crippen molar-refractivity contribution in [2.75, 3.05) is 29.4 Å². The molecule has 1 aromatic rings. The summed E-state index contributed by atoms with van der Waals surface area (Å²) in [4.78, 5) is 23.5. The van der Waals surface area contributed by atoms with E-state index in [2.05, 4.69) is 23.8 Å². The van der Waals surface area contributed by atoms with Crippen LogP contribution in [0.5, 0.6) is 0 Å². The lowest BCUT2D eigenvalue weighted by atomic mass is 9.93. The highest BCUT2D eigenvalue weighted by Gasteiger charge is 2.67. The third-order valence-electron chi connectivity index (χ3n) is 7.00. The Kier molecular flexibility index (Phi) is 4.39. The summed E-state index contributed by atoms with van der Waals surface area (Å²) in [5, 5.41) is 0. The highest BCUT2D eigenvalue weighted by molar-refractivity contribution is 5.75. The Labute approximate surface area is 163 Å². The molecule has 0 radical (unpaired) electrons. The fourth-order valence-electron chi connectivity index (χ4n) is 5.43. The molecule has 4 rings (SSSR count). The number of ketones is 1. The Morgan fingerprint density at radius 2 is 2.11 bits per heavy atom. The van der Waals surface area contributed by atoms with E-state index in [0.29, 0.717) is 49.6 Å². The van der Waals surface area contributed by atoms with Crippen LogP contribution < -0.4 is 9.80 Å². The van der Waals surface area contributed by atoms with Crippen LogP contribution in [0.15, 0.2) is 6.07 Å². The minimum atomic E-state index is -4.49. The van der Waals surface area contributed by atoms with Crippen LogP contribution >= 0.6 is 0 Å². The normalized spacial score (nSPS) is 32.8. The number of nitrogens with zero attached hydrogens (tertiary/aromatic N) is 4. The minimum Gasteiger partial charge on any atom is -0.356 e. The number of Topliss-reactive ketones (excluding diaryl/α,β-unsaturated/α-hetero) is 1. The van der Waals surface area contributed by atoms with Crippen LogP contribution in [-0.2, 0) is 11.0 Å². The van der Waals surface area contributed by atoms with Gasteiger partial charge in [0, 0.05) is 38.2 Å². The topological polar surface area (TPSA) is 49.3 Å². The smallest absolute Gasteiger partial charge is 0.356 e. The molecule has 5 atom stereocenters. The van der Waals surface area contributed by atoms with Crippen molar-refractivity contribution >= 4 is 17.5 Å². The van der Waals surface area contributed by atoms with Gasteiger partial charge in [0.2, 0.25) is 5.95 Å². The number of hydrogen-bond donors (Lipinski definition) is 0. The van der Waals surface area contributed by atoms with Crippen molar-refractivity contribution in [2.24, 2.45) is 23.2 Å². The maximum absolute atomic E-state index is 13.4. The van der Waals surface area contributed by atoms with Gasteiger partial charge in [0.25, 0.3) is 0 Å². The lowest BCUT2D eigenvalue weighted by Crippen LogP contribution is -2.47. The first-order chi connectivity index (χ1) is 13.0. The first kappa shape index (κ1) is 19.5. The molecule has 1 aromatic heterocycles. The Morgan fingerprint density at radius 1 is 1.39 bits per heavy atom. The molecule has 5 nitrogen and oxygen atoms in total. The number of alkyl halides is 3. The van der Waals surface area contributed by atoms with Gasteiger partial charge in [0.15, 0.2) is 5.69 Å². The van der Waals surface area contributed by atoms with E-state index in [4.69, 9.17) is 0 Å². The Bertz CT molecular complexity index is 798. The van der Waals surface area contributed by atoms with Crippen LogP contribution in [0.2, 0.25) is 0 Å². The second kappa shape index (κ2) is 6.32. The van der Waals surface area contributed by atoms with E-state index in [1.54, 1.807) is 6.92 Å². The Morgan fingerprint density at radius 3 is 2.57 bits per heavy atom. The van der Waals surface area contributed by atoms with Crippen molar-refractivity contribution < 1.29 is 18.0 Å². The SMILES string of the molecule is CC(=O)C[C@@H](C)C1[C@H]2CN(c3cc(C(F)(F)F)nc(N4CC[C@@H]4C)n3)C[C@@]12C. The van der Waals surface area contributed by atoms with Crippen LogP contribution in [0.1, 0.15) is 46.2 Å². The number of fused-ring (bicyclic) bond motifs is 1. The van der Waals surface area contributed by atoms with Crippen LogP contribution in [0.4, 0.5) is 24.9 Å². The summed E-state index contributed by atoms with van der Waals surface area (Å²) in [7, 11) is 0. The third kappa shape index (κ3) is 3.14. The molecule has 1 unspecified atom stereocenters. The predicted molar refractivity (Wildman–Crippen MR) is 100 cm³/mol. The molecular weight excluding hydrogens is 369 g/mol. The Hall–Kier alpha value is -1.86. The molecule has 1 aliphatic carbocycles. The van der Waals surface area contributed by atoms with Crippen LogP contribution in [0, 0.1) is 23.2 Å². The predicted octanol–water partition coefficient (Wildman–Crippen LogP) is 3.78. The van der Waals surface area contributed by atoms with Gasteiger partial charge in [-0.1, -0.05) is 13.8 Å². The highest BCUT2D eigenvalue weighted by Crippen LogP contribution is 2.66. The number of carbonyl (C=O) groups excluding carboxylic acids is 1. The number of anilines is 2. The number of carbonyl (C=O) groups is 1. The highest BCUT2D eigenvalue weighted by atomic mass is 19.4. The Balaban J connectivity index is 1.56. The zero-order chi connectivity index (χ0) is 20.4. The maximum atomic E-state index is 13.4. The summed E-state index contributed by atoms with van der Waals surface area (Å²) >= 11 is 0. The van der Waals surface area contributed by atoms with Gasteiger partial charge in [-0.2, -0.15) is 18.2 Å². The number of hydrogen-bond acceptors (Lipinski definition) is 5. The van der Waals surface area contributed by atoms with Gasteiger partial charge in [-0.3, -0.25) is 0 Å². The number of aromatic nitrogens is 2. The number of halogens is 3. The van der Waals surface area contributed by atoms with E-state index in [1.807, 2.05) is 16.7 Å². The second-order valence-corrected chi connectivity index (χ2v) is 9.14. The van der Waals surface area contributed by atoms with Crippen molar-refractivity contribution in [1.82, 2.24) is 9.97 Å². The van der Waals surface area contributed by atoms with E-state index in [9.17, 15) is 18.0 Å². The van der Waals surface area contributed by atoms with E-state index in [0.717, 1.165) is 12.5 Å². The largest absolute Gasteiger partial charge is 0.433 e. The molecule has 0 N–H and O–H groups in total. The quantitative estimate of drug-likeness (QED) is 0.758. The van der Waals surface area contributed by atoms with Crippen molar-refractivity contribution in [1.29, 1.82) is 0 Å². The monoisotopic (exact) mass is 396 g/mol. The molecule has 8 heteroatoms. The molecule has 0 amide bonds. The van der Waals surface area contributed by atoms with Crippen LogP contribution in [0.25, 0.3) is 0 Å². The van der Waals surface area contributed by atoms with Gasteiger partial charge in [-0.05, 0) is 43.4 Å². The van der Waals surface area contributed by atoms with Gasteiger partial charge in [0.05, 0.1) is 0 Å². The van der Waals surface area contributed by atoms with Crippen LogP contribution in [0.3, 0.4) is 0 Å². The first-order valence-electron chi connectivity index (χ1n) is 9.98.